The van der Waals surface area contributed by atoms with Crippen LogP contribution in [0.25, 0.3) is 0 Å². The van der Waals surface area contributed by atoms with Crippen LogP contribution in [0, 0.1) is 27.7 Å². The minimum absolute atomic E-state index is 0.298. The molecule has 0 aliphatic heterocycles. The predicted octanol–water partition coefficient (Wildman–Crippen LogP) is 5.86. The highest BCUT2D eigenvalue weighted by atomic mass is 79.9. The first-order valence-corrected chi connectivity index (χ1v) is 7.77. The summed E-state index contributed by atoms with van der Waals surface area (Å²) in [5.41, 5.74) is 7.75. The van der Waals surface area contributed by atoms with Crippen LogP contribution in [0.5, 0.6) is 0 Å². The van der Waals surface area contributed by atoms with E-state index in [0.717, 1.165) is 4.47 Å². The van der Waals surface area contributed by atoms with Crippen LogP contribution in [0.4, 0.5) is 5.69 Å². The van der Waals surface area contributed by atoms with Crippen molar-refractivity contribution in [2.45, 2.75) is 40.7 Å². The van der Waals surface area contributed by atoms with Gasteiger partial charge in [0.05, 0.1) is 0 Å². The van der Waals surface area contributed by atoms with Gasteiger partial charge in [-0.05, 0) is 63.4 Å². The Morgan fingerprint density at radius 3 is 1.85 bits per heavy atom. The first-order chi connectivity index (χ1) is 9.36. The number of nitrogens with one attached hydrogen (secondary N) is 1. The topological polar surface area (TPSA) is 12.0 Å². The molecule has 106 valence electrons. The van der Waals surface area contributed by atoms with Crippen LogP contribution < -0.4 is 5.32 Å². The Hall–Kier alpha value is -1.28. The Bertz CT molecular complexity index is 588. The highest BCUT2D eigenvalue weighted by molar-refractivity contribution is 9.10. The van der Waals surface area contributed by atoms with Gasteiger partial charge in [0.25, 0.3) is 0 Å². The minimum Gasteiger partial charge on any atom is -0.378 e. The van der Waals surface area contributed by atoms with Gasteiger partial charge in [0.1, 0.15) is 0 Å². The molecule has 0 aliphatic rings. The third-order valence-electron chi connectivity index (χ3n) is 3.60. The molecule has 2 aromatic rings. The van der Waals surface area contributed by atoms with E-state index < -0.39 is 0 Å². The van der Waals surface area contributed by atoms with Gasteiger partial charge >= 0.3 is 0 Å². The molecule has 0 bridgehead atoms. The van der Waals surface area contributed by atoms with Gasteiger partial charge in [-0.2, -0.15) is 0 Å². The van der Waals surface area contributed by atoms with Gasteiger partial charge in [-0.25, -0.2) is 0 Å². The lowest BCUT2D eigenvalue weighted by molar-refractivity contribution is 0.876. The van der Waals surface area contributed by atoms with Gasteiger partial charge in [0.15, 0.2) is 0 Å². The summed E-state index contributed by atoms with van der Waals surface area (Å²) in [4.78, 5) is 0. The van der Waals surface area contributed by atoms with E-state index >= 15 is 0 Å². The normalized spacial score (nSPS) is 12.3. The molecule has 1 N–H and O–H groups in total. The standard InChI is InChI=1S/C18H22BrN/c1-11-6-12(2)8-16(7-11)15(5)20-18-13(3)9-17(19)10-14(18)4/h6-10,15,20H,1-5H3. The van der Waals surface area contributed by atoms with Crippen molar-refractivity contribution in [1.29, 1.82) is 0 Å². The summed E-state index contributed by atoms with van der Waals surface area (Å²) in [7, 11) is 0. The molecule has 1 atom stereocenters. The molecular formula is C18H22BrN. The third-order valence-corrected chi connectivity index (χ3v) is 4.06. The second-order valence-corrected chi connectivity index (χ2v) is 6.62. The molecule has 1 unspecified atom stereocenters. The minimum atomic E-state index is 0.298. The molecule has 20 heavy (non-hydrogen) atoms. The van der Waals surface area contributed by atoms with Crippen molar-refractivity contribution in [2.24, 2.45) is 0 Å². The summed E-state index contributed by atoms with van der Waals surface area (Å²) in [6.07, 6.45) is 0. The fraction of sp³-hybridized carbons (Fsp3) is 0.333. The fourth-order valence-corrected chi connectivity index (χ4v) is 3.38. The Labute approximate surface area is 130 Å². The van der Waals surface area contributed by atoms with E-state index in [0.29, 0.717) is 6.04 Å². The maximum absolute atomic E-state index is 3.66. The SMILES string of the molecule is Cc1cc(C)cc(C(C)Nc2c(C)cc(Br)cc2C)c1. The number of anilines is 1. The lowest BCUT2D eigenvalue weighted by Crippen LogP contribution is -2.09. The molecule has 2 heteroatoms. The van der Waals surface area contributed by atoms with Gasteiger partial charge in [0.2, 0.25) is 0 Å². The Morgan fingerprint density at radius 1 is 0.850 bits per heavy atom. The number of benzene rings is 2. The molecule has 0 fully saturated rings. The number of hydrogen-bond donors (Lipinski definition) is 1. The van der Waals surface area contributed by atoms with Crippen molar-refractivity contribution >= 4 is 21.6 Å². The van der Waals surface area contributed by atoms with Crippen LogP contribution in [-0.2, 0) is 0 Å². The van der Waals surface area contributed by atoms with E-state index in [9.17, 15) is 0 Å². The summed E-state index contributed by atoms with van der Waals surface area (Å²) in [6.45, 7) is 10.8. The van der Waals surface area contributed by atoms with Crippen LogP contribution in [0.15, 0.2) is 34.8 Å². The Balaban J connectivity index is 2.30. The lowest BCUT2D eigenvalue weighted by atomic mass is 10.0. The Morgan fingerprint density at radius 2 is 1.35 bits per heavy atom. The molecule has 0 amide bonds. The number of aryl methyl sites for hydroxylation is 4. The summed E-state index contributed by atoms with van der Waals surface area (Å²) in [6, 6.07) is 11.3. The van der Waals surface area contributed by atoms with Crippen LogP contribution >= 0.6 is 15.9 Å². The summed E-state index contributed by atoms with van der Waals surface area (Å²) in [5, 5.41) is 3.66. The maximum atomic E-state index is 3.66. The highest BCUT2D eigenvalue weighted by Gasteiger charge is 2.10. The van der Waals surface area contributed by atoms with Crippen molar-refractivity contribution < 1.29 is 0 Å². The summed E-state index contributed by atoms with van der Waals surface area (Å²) >= 11 is 3.55. The van der Waals surface area contributed by atoms with Crippen molar-refractivity contribution in [1.82, 2.24) is 0 Å². The van der Waals surface area contributed by atoms with Crippen molar-refractivity contribution in [3.63, 3.8) is 0 Å². The van der Waals surface area contributed by atoms with Crippen molar-refractivity contribution in [2.75, 3.05) is 5.32 Å². The molecule has 2 rings (SSSR count). The predicted molar refractivity (Wildman–Crippen MR) is 91.6 cm³/mol. The van der Waals surface area contributed by atoms with Crippen LogP contribution in [0.1, 0.15) is 40.8 Å². The van der Waals surface area contributed by atoms with Gasteiger partial charge < -0.3 is 5.32 Å². The highest BCUT2D eigenvalue weighted by Crippen LogP contribution is 2.29. The maximum Gasteiger partial charge on any atom is 0.0486 e. The van der Waals surface area contributed by atoms with Crippen LogP contribution in [0.2, 0.25) is 0 Å². The van der Waals surface area contributed by atoms with E-state index in [1.807, 2.05) is 0 Å². The van der Waals surface area contributed by atoms with E-state index in [1.54, 1.807) is 0 Å². The van der Waals surface area contributed by atoms with E-state index in [2.05, 4.69) is 86.2 Å². The van der Waals surface area contributed by atoms with Gasteiger partial charge in [0, 0.05) is 16.2 Å². The average Bonchev–Trinajstić information content (AvgIpc) is 2.32. The van der Waals surface area contributed by atoms with Crippen molar-refractivity contribution in [3.05, 3.63) is 62.6 Å². The average molecular weight is 332 g/mol. The molecule has 2 aromatic carbocycles. The second-order valence-electron chi connectivity index (χ2n) is 5.70. The largest absolute Gasteiger partial charge is 0.378 e. The summed E-state index contributed by atoms with van der Waals surface area (Å²) in [5.74, 6) is 0. The molecule has 1 nitrogen and oxygen atoms in total. The first kappa shape index (κ1) is 15.1. The monoisotopic (exact) mass is 331 g/mol. The van der Waals surface area contributed by atoms with E-state index in [-0.39, 0.29) is 0 Å². The van der Waals surface area contributed by atoms with Gasteiger partial charge in [-0.3, -0.25) is 0 Å². The fourth-order valence-electron chi connectivity index (χ4n) is 2.70. The molecule has 0 saturated heterocycles. The molecule has 0 spiro atoms. The first-order valence-electron chi connectivity index (χ1n) is 6.98. The molecule has 0 aliphatic carbocycles. The quantitative estimate of drug-likeness (QED) is 0.743. The smallest absolute Gasteiger partial charge is 0.0486 e. The molecule has 0 aromatic heterocycles. The van der Waals surface area contributed by atoms with E-state index in [1.165, 1.54) is 33.5 Å². The summed E-state index contributed by atoms with van der Waals surface area (Å²) < 4.78 is 1.14. The lowest BCUT2D eigenvalue weighted by Gasteiger charge is -2.20. The zero-order chi connectivity index (χ0) is 14.9. The molecule has 0 saturated carbocycles. The van der Waals surface area contributed by atoms with Crippen LogP contribution in [-0.4, -0.2) is 0 Å². The van der Waals surface area contributed by atoms with Gasteiger partial charge in [-0.15, -0.1) is 0 Å². The number of halogens is 1. The zero-order valence-electron chi connectivity index (χ0n) is 12.8. The van der Waals surface area contributed by atoms with Crippen molar-refractivity contribution in [3.8, 4) is 0 Å². The third kappa shape index (κ3) is 3.43. The Kier molecular flexibility index (Phi) is 4.54. The molecular weight excluding hydrogens is 310 g/mol. The zero-order valence-corrected chi connectivity index (χ0v) is 14.4. The molecule has 0 heterocycles. The van der Waals surface area contributed by atoms with Crippen LogP contribution in [0.3, 0.4) is 0 Å². The molecule has 0 radical (unpaired) electrons. The number of hydrogen-bond acceptors (Lipinski definition) is 1. The number of rotatable bonds is 3. The second kappa shape index (κ2) is 6.01. The van der Waals surface area contributed by atoms with Gasteiger partial charge in [-0.1, -0.05) is 45.3 Å². The van der Waals surface area contributed by atoms with E-state index in [4.69, 9.17) is 0 Å².